The number of piperidine rings is 1. The van der Waals surface area contributed by atoms with Crippen LogP contribution in [0.5, 0.6) is 0 Å². The van der Waals surface area contributed by atoms with E-state index >= 15 is 0 Å². The van der Waals surface area contributed by atoms with Crippen molar-refractivity contribution in [1.82, 2.24) is 15.6 Å². The molecule has 0 bridgehead atoms. The molecule has 1 aliphatic rings. The van der Waals surface area contributed by atoms with Gasteiger partial charge in [-0.05, 0) is 92.8 Å². The van der Waals surface area contributed by atoms with E-state index in [-0.39, 0.29) is 6.03 Å². The Balaban J connectivity index is 1.21. The summed E-state index contributed by atoms with van der Waals surface area (Å²) in [5.41, 5.74) is 4.74. The van der Waals surface area contributed by atoms with E-state index in [2.05, 4.69) is 70.5 Å². The summed E-state index contributed by atoms with van der Waals surface area (Å²) in [7, 11) is 0. The van der Waals surface area contributed by atoms with E-state index in [4.69, 9.17) is 0 Å². The fourth-order valence-electron chi connectivity index (χ4n) is 4.73. The van der Waals surface area contributed by atoms with E-state index in [1.807, 2.05) is 12.1 Å². The molecule has 4 N–H and O–H groups in total. The van der Waals surface area contributed by atoms with Gasteiger partial charge in [-0.2, -0.15) is 0 Å². The number of nitrogens with one attached hydrogen (secondary N) is 4. The Kier molecular flexibility index (Phi) is 7.83. The summed E-state index contributed by atoms with van der Waals surface area (Å²) in [5, 5.41) is 10.7. The van der Waals surface area contributed by atoms with E-state index in [0.717, 1.165) is 56.9 Å². The highest BCUT2D eigenvalue weighted by atomic mass is 16.2. The highest BCUT2D eigenvalue weighted by molar-refractivity contribution is 5.89. The Hall–Kier alpha value is -2.79. The van der Waals surface area contributed by atoms with Gasteiger partial charge in [-0.15, -0.1) is 0 Å². The van der Waals surface area contributed by atoms with Crippen LogP contribution in [-0.4, -0.2) is 30.6 Å². The van der Waals surface area contributed by atoms with Gasteiger partial charge >= 0.3 is 6.03 Å². The molecule has 0 aliphatic carbocycles. The largest absolute Gasteiger partial charge is 0.361 e. The molecule has 32 heavy (non-hydrogen) atoms. The second kappa shape index (κ2) is 11.2. The van der Waals surface area contributed by atoms with Crippen molar-refractivity contribution < 1.29 is 4.79 Å². The maximum absolute atomic E-state index is 12.3. The number of carbonyl (C=O) groups is 1. The highest BCUT2D eigenvalue weighted by Gasteiger charge is 2.13. The lowest BCUT2D eigenvalue weighted by Gasteiger charge is -2.22. The SMILES string of the molecule is CC(CCc1cccc(NC(=O)NCCC2CCNCC2)c1)Cc1c[nH]c2ccccc12. The molecule has 170 valence electrons. The highest BCUT2D eigenvalue weighted by Crippen LogP contribution is 2.23. The summed E-state index contributed by atoms with van der Waals surface area (Å²) in [6.45, 7) is 5.26. The zero-order valence-electron chi connectivity index (χ0n) is 19.1. The van der Waals surface area contributed by atoms with Gasteiger partial charge < -0.3 is 20.9 Å². The number of amides is 2. The van der Waals surface area contributed by atoms with Crippen molar-refractivity contribution in [3.8, 4) is 0 Å². The number of aryl methyl sites for hydroxylation is 1. The molecule has 0 saturated carbocycles. The first-order chi connectivity index (χ1) is 15.7. The third-order valence-corrected chi connectivity index (χ3v) is 6.65. The Bertz CT molecular complexity index is 1010. The lowest BCUT2D eigenvalue weighted by atomic mass is 9.94. The van der Waals surface area contributed by atoms with Gasteiger partial charge in [0.2, 0.25) is 0 Å². The molecule has 0 spiro atoms. The average Bonchev–Trinajstić information content (AvgIpc) is 3.21. The topological polar surface area (TPSA) is 69.0 Å². The fraction of sp³-hybridized carbons (Fsp3) is 0.444. The predicted molar refractivity (Wildman–Crippen MR) is 133 cm³/mol. The van der Waals surface area contributed by atoms with Crippen LogP contribution in [-0.2, 0) is 12.8 Å². The van der Waals surface area contributed by atoms with Gasteiger partial charge in [-0.1, -0.05) is 37.3 Å². The van der Waals surface area contributed by atoms with Gasteiger partial charge in [0, 0.05) is 29.3 Å². The number of urea groups is 1. The molecule has 2 amide bonds. The van der Waals surface area contributed by atoms with Crippen LogP contribution in [0, 0.1) is 11.8 Å². The van der Waals surface area contributed by atoms with Crippen LogP contribution >= 0.6 is 0 Å². The molecule has 1 aliphatic heterocycles. The smallest absolute Gasteiger partial charge is 0.319 e. The van der Waals surface area contributed by atoms with Crippen molar-refractivity contribution in [1.29, 1.82) is 0 Å². The lowest BCUT2D eigenvalue weighted by molar-refractivity contribution is 0.250. The van der Waals surface area contributed by atoms with Crippen molar-refractivity contribution in [3.05, 3.63) is 65.9 Å². The molecule has 2 heterocycles. The minimum Gasteiger partial charge on any atom is -0.361 e. The van der Waals surface area contributed by atoms with E-state index in [1.165, 1.54) is 34.9 Å². The maximum Gasteiger partial charge on any atom is 0.319 e. The number of hydrogen-bond donors (Lipinski definition) is 4. The Morgan fingerprint density at radius 2 is 1.97 bits per heavy atom. The normalized spacial score (nSPS) is 15.5. The minimum atomic E-state index is -0.108. The molecular formula is C27H36N4O. The quantitative estimate of drug-likeness (QED) is 0.361. The van der Waals surface area contributed by atoms with Crippen LogP contribution in [0.1, 0.15) is 43.7 Å². The number of aromatic nitrogens is 1. The Morgan fingerprint density at radius 1 is 1.12 bits per heavy atom. The summed E-state index contributed by atoms with van der Waals surface area (Å²) in [6.07, 6.45) is 8.83. The number of anilines is 1. The zero-order valence-corrected chi connectivity index (χ0v) is 19.1. The van der Waals surface area contributed by atoms with Gasteiger partial charge in [0.15, 0.2) is 0 Å². The lowest BCUT2D eigenvalue weighted by Crippen LogP contribution is -2.33. The number of para-hydroxylation sites is 1. The molecule has 1 saturated heterocycles. The number of fused-ring (bicyclic) bond motifs is 1. The summed E-state index contributed by atoms with van der Waals surface area (Å²) >= 11 is 0. The van der Waals surface area contributed by atoms with Gasteiger partial charge in [-0.3, -0.25) is 0 Å². The van der Waals surface area contributed by atoms with Crippen LogP contribution in [0.4, 0.5) is 10.5 Å². The molecule has 1 aromatic heterocycles. The zero-order chi connectivity index (χ0) is 22.2. The minimum absolute atomic E-state index is 0.108. The van der Waals surface area contributed by atoms with Gasteiger partial charge in [0.1, 0.15) is 0 Å². The molecule has 5 nitrogen and oxygen atoms in total. The third kappa shape index (κ3) is 6.36. The van der Waals surface area contributed by atoms with Crippen molar-refractivity contribution in [2.75, 3.05) is 25.0 Å². The molecule has 2 aromatic carbocycles. The molecule has 1 atom stereocenters. The summed E-state index contributed by atoms with van der Waals surface area (Å²) in [6, 6.07) is 16.6. The number of benzene rings is 2. The van der Waals surface area contributed by atoms with E-state index in [1.54, 1.807) is 0 Å². The number of hydrogen-bond acceptors (Lipinski definition) is 2. The second-order valence-electron chi connectivity index (χ2n) is 9.27. The third-order valence-electron chi connectivity index (χ3n) is 6.65. The fourth-order valence-corrected chi connectivity index (χ4v) is 4.73. The Morgan fingerprint density at radius 3 is 2.84 bits per heavy atom. The predicted octanol–water partition coefficient (Wildman–Crippen LogP) is 5.49. The van der Waals surface area contributed by atoms with Gasteiger partial charge in [0.05, 0.1) is 0 Å². The summed E-state index contributed by atoms with van der Waals surface area (Å²) in [4.78, 5) is 15.7. The average molecular weight is 433 g/mol. The Labute approximate surface area is 191 Å². The van der Waals surface area contributed by atoms with E-state index < -0.39 is 0 Å². The van der Waals surface area contributed by atoms with Crippen LogP contribution in [0.25, 0.3) is 10.9 Å². The van der Waals surface area contributed by atoms with Crippen LogP contribution in [0.3, 0.4) is 0 Å². The number of rotatable bonds is 9. The second-order valence-corrected chi connectivity index (χ2v) is 9.27. The van der Waals surface area contributed by atoms with Crippen molar-refractivity contribution in [2.24, 2.45) is 11.8 Å². The molecule has 5 heteroatoms. The van der Waals surface area contributed by atoms with E-state index in [0.29, 0.717) is 5.92 Å². The summed E-state index contributed by atoms with van der Waals surface area (Å²) in [5.74, 6) is 1.32. The number of carbonyl (C=O) groups excluding carboxylic acids is 1. The number of aromatic amines is 1. The van der Waals surface area contributed by atoms with Crippen LogP contribution in [0.15, 0.2) is 54.7 Å². The van der Waals surface area contributed by atoms with Gasteiger partial charge in [-0.25, -0.2) is 4.79 Å². The standard InChI is InChI=1S/C27H36N4O/c1-20(17-23-19-30-26-8-3-2-7-25(23)26)9-10-22-5-4-6-24(18-22)31-27(32)29-16-13-21-11-14-28-15-12-21/h2-8,18-21,28,30H,9-17H2,1H3,(H2,29,31,32). The van der Waals surface area contributed by atoms with Crippen LogP contribution in [0.2, 0.25) is 0 Å². The number of H-pyrrole nitrogens is 1. The summed E-state index contributed by atoms with van der Waals surface area (Å²) < 4.78 is 0. The molecule has 3 aromatic rings. The molecule has 1 fully saturated rings. The van der Waals surface area contributed by atoms with Crippen molar-refractivity contribution in [2.45, 2.75) is 45.4 Å². The first-order valence-corrected chi connectivity index (χ1v) is 12.1. The van der Waals surface area contributed by atoms with Crippen molar-refractivity contribution >= 4 is 22.6 Å². The van der Waals surface area contributed by atoms with Gasteiger partial charge in [0.25, 0.3) is 0 Å². The molecular weight excluding hydrogens is 396 g/mol. The molecule has 4 rings (SSSR count). The first kappa shape index (κ1) is 22.4. The molecule has 0 radical (unpaired) electrons. The van der Waals surface area contributed by atoms with Crippen LogP contribution < -0.4 is 16.0 Å². The maximum atomic E-state index is 12.3. The monoisotopic (exact) mass is 432 g/mol. The molecule has 1 unspecified atom stereocenters. The first-order valence-electron chi connectivity index (χ1n) is 12.1. The van der Waals surface area contributed by atoms with Crippen molar-refractivity contribution in [3.63, 3.8) is 0 Å². The van der Waals surface area contributed by atoms with E-state index in [9.17, 15) is 4.79 Å².